The van der Waals surface area contributed by atoms with E-state index < -0.39 is 0 Å². The van der Waals surface area contributed by atoms with Gasteiger partial charge in [-0.2, -0.15) is 0 Å². The van der Waals surface area contributed by atoms with E-state index in [1.807, 2.05) is 19.1 Å². The molecular formula is C21H21N5. The van der Waals surface area contributed by atoms with E-state index in [1.165, 1.54) is 5.56 Å². The van der Waals surface area contributed by atoms with Gasteiger partial charge in [-0.3, -0.25) is 4.57 Å². The quantitative estimate of drug-likeness (QED) is 0.604. The Balaban J connectivity index is 2.05. The molecule has 130 valence electrons. The lowest BCUT2D eigenvalue weighted by Crippen LogP contribution is -2.02. The largest absolute Gasteiger partial charge is 0.383 e. The van der Waals surface area contributed by atoms with E-state index in [2.05, 4.69) is 53.7 Å². The lowest BCUT2D eigenvalue weighted by Gasteiger charge is -2.11. The Hall–Kier alpha value is -3.21. The maximum atomic E-state index is 6.14. The van der Waals surface area contributed by atoms with Crippen LogP contribution in [0.15, 0.2) is 48.7 Å². The Labute approximate surface area is 152 Å². The Bertz CT molecular complexity index is 1090. The molecule has 26 heavy (non-hydrogen) atoms. The summed E-state index contributed by atoms with van der Waals surface area (Å²) in [7, 11) is 0. The minimum Gasteiger partial charge on any atom is -0.383 e. The maximum absolute atomic E-state index is 6.14. The molecule has 4 rings (SSSR count). The summed E-state index contributed by atoms with van der Waals surface area (Å²) < 4.78 is 2.06. The molecule has 0 unspecified atom stereocenters. The van der Waals surface area contributed by atoms with Crippen molar-refractivity contribution in [2.45, 2.75) is 27.2 Å². The molecule has 0 aliphatic carbocycles. The molecule has 3 heterocycles. The molecule has 2 N–H and O–H groups in total. The fourth-order valence-corrected chi connectivity index (χ4v) is 3.10. The predicted molar refractivity (Wildman–Crippen MR) is 105 cm³/mol. The molecular weight excluding hydrogens is 322 g/mol. The maximum Gasteiger partial charge on any atom is 0.165 e. The topological polar surface area (TPSA) is 69.6 Å². The number of pyridine rings is 2. The number of anilines is 1. The first-order valence-corrected chi connectivity index (χ1v) is 8.75. The first-order valence-electron chi connectivity index (χ1n) is 8.75. The van der Waals surface area contributed by atoms with Crippen molar-refractivity contribution in [2.24, 2.45) is 0 Å². The second-order valence-corrected chi connectivity index (χ2v) is 6.46. The van der Waals surface area contributed by atoms with Crippen LogP contribution in [0.25, 0.3) is 28.2 Å². The van der Waals surface area contributed by atoms with Gasteiger partial charge in [0.05, 0.1) is 5.56 Å². The lowest BCUT2D eigenvalue weighted by atomic mass is 10.1. The number of benzene rings is 1. The van der Waals surface area contributed by atoms with Crippen molar-refractivity contribution in [1.82, 2.24) is 19.5 Å². The Morgan fingerprint density at radius 1 is 1.04 bits per heavy atom. The molecule has 0 radical (unpaired) electrons. The summed E-state index contributed by atoms with van der Waals surface area (Å²) in [5, 5.41) is 0. The molecule has 0 saturated carbocycles. The van der Waals surface area contributed by atoms with Gasteiger partial charge in [0.1, 0.15) is 11.3 Å². The standard InChI is InChI=1S/C21H21N5/c1-4-15-7-9-16(10-8-15)26-20(17-6-5-11-23-19(17)22)25-18-12-13(2)14(3)24-21(18)26/h5-12H,4H2,1-3H3,(H2,22,23). The number of aryl methyl sites for hydroxylation is 3. The van der Waals surface area contributed by atoms with Crippen LogP contribution in [0.3, 0.4) is 0 Å². The van der Waals surface area contributed by atoms with Gasteiger partial charge < -0.3 is 5.73 Å². The van der Waals surface area contributed by atoms with Crippen LogP contribution < -0.4 is 5.73 Å². The van der Waals surface area contributed by atoms with Crippen LogP contribution in [0.2, 0.25) is 0 Å². The van der Waals surface area contributed by atoms with E-state index in [-0.39, 0.29) is 0 Å². The average molecular weight is 343 g/mol. The van der Waals surface area contributed by atoms with E-state index >= 15 is 0 Å². The summed E-state index contributed by atoms with van der Waals surface area (Å²) in [6.45, 7) is 6.22. The molecule has 0 amide bonds. The lowest BCUT2D eigenvalue weighted by molar-refractivity contribution is 1.05. The number of hydrogen-bond acceptors (Lipinski definition) is 4. The van der Waals surface area contributed by atoms with Gasteiger partial charge in [0.15, 0.2) is 11.5 Å². The van der Waals surface area contributed by atoms with Gasteiger partial charge >= 0.3 is 0 Å². The molecule has 1 aromatic carbocycles. The van der Waals surface area contributed by atoms with Gasteiger partial charge in [-0.25, -0.2) is 15.0 Å². The summed E-state index contributed by atoms with van der Waals surface area (Å²) in [6.07, 6.45) is 2.69. The zero-order valence-corrected chi connectivity index (χ0v) is 15.2. The smallest absolute Gasteiger partial charge is 0.165 e. The number of aromatic nitrogens is 4. The van der Waals surface area contributed by atoms with E-state index in [4.69, 9.17) is 15.7 Å². The second-order valence-electron chi connectivity index (χ2n) is 6.46. The summed E-state index contributed by atoms with van der Waals surface area (Å²) in [5.41, 5.74) is 13.0. The van der Waals surface area contributed by atoms with Crippen molar-refractivity contribution >= 4 is 17.0 Å². The van der Waals surface area contributed by atoms with Crippen molar-refractivity contribution in [3.63, 3.8) is 0 Å². The monoisotopic (exact) mass is 343 g/mol. The number of imidazole rings is 1. The average Bonchev–Trinajstić information content (AvgIpc) is 3.00. The minimum atomic E-state index is 0.461. The van der Waals surface area contributed by atoms with Crippen LogP contribution in [0.4, 0.5) is 5.82 Å². The second kappa shape index (κ2) is 6.26. The van der Waals surface area contributed by atoms with E-state index in [0.717, 1.165) is 45.9 Å². The number of hydrogen-bond donors (Lipinski definition) is 1. The molecule has 0 spiro atoms. The van der Waals surface area contributed by atoms with Crippen molar-refractivity contribution in [2.75, 3.05) is 5.73 Å². The SMILES string of the molecule is CCc1ccc(-n2c(-c3cccnc3N)nc3cc(C)c(C)nc32)cc1. The summed E-state index contributed by atoms with van der Waals surface area (Å²) in [5.74, 6) is 1.22. The Kier molecular flexibility index (Phi) is 3.92. The Morgan fingerprint density at radius 3 is 2.50 bits per heavy atom. The third-order valence-corrected chi connectivity index (χ3v) is 4.76. The summed E-state index contributed by atoms with van der Waals surface area (Å²) >= 11 is 0. The fourth-order valence-electron chi connectivity index (χ4n) is 3.10. The molecule has 0 bridgehead atoms. The van der Waals surface area contributed by atoms with Gasteiger partial charge in [-0.05, 0) is 61.7 Å². The van der Waals surface area contributed by atoms with Crippen LogP contribution in [0.1, 0.15) is 23.7 Å². The fraction of sp³-hybridized carbons (Fsp3) is 0.190. The zero-order valence-electron chi connectivity index (χ0n) is 15.2. The van der Waals surface area contributed by atoms with Gasteiger partial charge in [-0.15, -0.1) is 0 Å². The molecule has 5 nitrogen and oxygen atoms in total. The highest BCUT2D eigenvalue weighted by Crippen LogP contribution is 2.31. The van der Waals surface area contributed by atoms with Crippen LogP contribution in [-0.4, -0.2) is 19.5 Å². The van der Waals surface area contributed by atoms with Crippen molar-refractivity contribution < 1.29 is 0 Å². The number of fused-ring (bicyclic) bond motifs is 1. The van der Waals surface area contributed by atoms with E-state index in [0.29, 0.717) is 5.82 Å². The van der Waals surface area contributed by atoms with Crippen LogP contribution in [-0.2, 0) is 6.42 Å². The number of nitrogens with zero attached hydrogens (tertiary/aromatic N) is 4. The van der Waals surface area contributed by atoms with Gasteiger partial charge in [0, 0.05) is 17.6 Å². The van der Waals surface area contributed by atoms with Gasteiger partial charge in [0.2, 0.25) is 0 Å². The van der Waals surface area contributed by atoms with Crippen LogP contribution in [0, 0.1) is 13.8 Å². The molecule has 0 atom stereocenters. The third kappa shape index (κ3) is 2.62. The van der Waals surface area contributed by atoms with E-state index in [9.17, 15) is 0 Å². The first-order chi connectivity index (χ1) is 12.6. The highest BCUT2D eigenvalue weighted by atomic mass is 15.1. The highest BCUT2D eigenvalue weighted by molar-refractivity contribution is 5.83. The Morgan fingerprint density at radius 2 is 1.81 bits per heavy atom. The first kappa shape index (κ1) is 16.3. The molecule has 4 aromatic rings. The summed E-state index contributed by atoms with van der Waals surface area (Å²) in [4.78, 5) is 13.9. The number of rotatable bonds is 3. The van der Waals surface area contributed by atoms with Crippen molar-refractivity contribution in [3.8, 4) is 17.1 Å². The van der Waals surface area contributed by atoms with Crippen LogP contribution in [0.5, 0.6) is 0 Å². The minimum absolute atomic E-state index is 0.461. The molecule has 0 fully saturated rings. The van der Waals surface area contributed by atoms with Gasteiger partial charge in [-0.1, -0.05) is 19.1 Å². The van der Waals surface area contributed by atoms with Crippen molar-refractivity contribution in [3.05, 3.63) is 65.5 Å². The third-order valence-electron chi connectivity index (χ3n) is 4.76. The van der Waals surface area contributed by atoms with Crippen LogP contribution >= 0.6 is 0 Å². The molecule has 5 heteroatoms. The zero-order chi connectivity index (χ0) is 18.3. The van der Waals surface area contributed by atoms with Crippen molar-refractivity contribution in [1.29, 1.82) is 0 Å². The van der Waals surface area contributed by atoms with E-state index in [1.54, 1.807) is 6.20 Å². The number of nitrogens with two attached hydrogens (primary N) is 1. The molecule has 0 saturated heterocycles. The summed E-state index contributed by atoms with van der Waals surface area (Å²) in [6, 6.07) is 14.4. The highest BCUT2D eigenvalue weighted by Gasteiger charge is 2.18. The molecule has 0 aliphatic rings. The van der Waals surface area contributed by atoms with Gasteiger partial charge in [0.25, 0.3) is 0 Å². The molecule has 3 aromatic heterocycles. The normalized spacial score (nSPS) is 11.2. The molecule has 0 aliphatic heterocycles. The number of nitrogen functional groups attached to an aromatic ring is 1. The predicted octanol–water partition coefficient (Wildman–Crippen LogP) is 4.24.